The summed E-state index contributed by atoms with van der Waals surface area (Å²) in [5.74, 6) is 0.495. The lowest BCUT2D eigenvalue weighted by atomic mass is 10.2. The Kier molecular flexibility index (Phi) is 5.88. The zero-order valence-corrected chi connectivity index (χ0v) is 16.1. The van der Waals surface area contributed by atoms with E-state index in [-0.39, 0.29) is 11.4 Å². The summed E-state index contributed by atoms with van der Waals surface area (Å²) < 4.78 is 36.6. The number of aromatic nitrogens is 2. The van der Waals surface area contributed by atoms with Crippen LogP contribution in [0.25, 0.3) is 0 Å². The fourth-order valence-corrected chi connectivity index (χ4v) is 3.93. The minimum Gasteiger partial charge on any atom is -0.493 e. The molecule has 1 aromatic carbocycles. The van der Waals surface area contributed by atoms with Crippen LogP contribution in [0.1, 0.15) is 11.4 Å². The van der Waals surface area contributed by atoms with Gasteiger partial charge in [0.2, 0.25) is 15.9 Å². The smallest absolute Gasteiger partial charge is 0.246 e. The number of aromatic amines is 1. The molecule has 1 amide bonds. The van der Waals surface area contributed by atoms with Crippen molar-refractivity contribution in [1.82, 2.24) is 14.5 Å². The molecule has 9 nitrogen and oxygen atoms in total. The first-order valence-electron chi connectivity index (χ1n) is 7.70. The number of nitrogens with zero attached hydrogens (tertiary/aromatic N) is 2. The third-order valence-corrected chi connectivity index (χ3v) is 5.83. The van der Waals surface area contributed by atoms with Crippen molar-refractivity contribution in [1.29, 1.82) is 0 Å². The van der Waals surface area contributed by atoms with E-state index in [9.17, 15) is 13.2 Å². The molecule has 0 aliphatic carbocycles. The highest BCUT2D eigenvalue weighted by molar-refractivity contribution is 7.89. The van der Waals surface area contributed by atoms with Crippen molar-refractivity contribution in [3.8, 4) is 11.5 Å². The number of ether oxygens (including phenoxy) is 2. The summed E-state index contributed by atoms with van der Waals surface area (Å²) in [5, 5.41) is 9.16. The van der Waals surface area contributed by atoms with E-state index in [1.165, 1.54) is 21.3 Å². The van der Waals surface area contributed by atoms with Crippen LogP contribution in [-0.2, 0) is 14.8 Å². The number of anilines is 1. The molecule has 2 rings (SSSR count). The van der Waals surface area contributed by atoms with Gasteiger partial charge in [-0.25, -0.2) is 8.42 Å². The molecule has 0 unspecified atom stereocenters. The van der Waals surface area contributed by atoms with Crippen molar-refractivity contribution in [2.45, 2.75) is 18.7 Å². The van der Waals surface area contributed by atoms with Crippen molar-refractivity contribution in [2.24, 2.45) is 0 Å². The standard InChI is InChI=1S/C16H22N4O5S/c1-10-16(11(2)19-18-10)26(22,23)20(3)9-15(21)17-12-6-7-13(24-4)14(8-12)25-5/h6-8H,9H2,1-5H3,(H,17,21)(H,18,19). The van der Waals surface area contributed by atoms with Crippen LogP contribution in [0.3, 0.4) is 0 Å². The van der Waals surface area contributed by atoms with E-state index in [1.54, 1.807) is 32.0 Å². The highest BCUT2D eigenvalue weighted by Crippen LogP contribution is 2.29. The molecule has 2 N–H and O–H groups in total. The second-order valence-corrected chi connectivity index (χ2v) is 7.62. The fourth-order valence-electron chi connectivity index (χ4n) is 2.48. The predicted octanol–water partition coefficient (Wildman–Crippen LogP) is 1.30. The van der Waals surface area contributed by atoms with Crippen LogP contribution >= 0.6 is 0 Å². The number of hydrogen-bond donors (Lipinski definition) is 2. The van der Waals surface area contributed by atoms with E-state index in [1.807, 2.05) is 0 Å². The lowest BCUT2D eigenvalue weighted by molar-refractivity contribution is -0.116. The number of carbonyl (C=O) groups is 1. The SMILES string of the molecule is COc1ccc(NC(=O)CN(C)S(=O)(=O)c2c(C)n[nH]c2C)cc1OC. The van der Waals surface area contributed by atoms with Gasteiger partial charge in [0.25, 0.3) is 0 Å². The van der Waals surface area contributed by atoms with Gasteiger partial charge in [0, 0.05) is 18.8 Å². The quantitative estimate of drug-likeness (QED) is 0.746. The Hall–Kier alpha value is -2.59. The highest BCUT2D eigenvalue weighted by atomic mass is 32.2. The van der Waals surface area contributed by atoms with E-state index < -0.39 is 15.9 Å². The lowest BCUT2D eigenvalue weighted by Gasteiger charge is -2.17. The van der Waals surface area contributed by atoms with Gasteiger partial charge >= 0.3 is 0 Å². The van der Waals surface area contributed by atoms with E-state index in [0.29, 0.717) is 28.6 Å². The van der Waals surface area contributed by atoms with Crippen LogP contribution in [-0.4, -0.2) is 56.6 Å². The van der Waals surface area contributed by atoms with Crippen LogP contribution in [0.2, 0.25) is 0 Å². The molecular weight excluding hydrogens is 360 g/mol. The summed E-state index contributed by atoms with van der Waals surface area (Å²) in [7, 11) is 0.504. The van der Waals surface area contributed by atoms with Crippen LogP contribution in [0, 0.1) is 13.8 Å². The molecule has 0 saturated carbocycles. The Morgan fingerprint density at radius 1 is 1.23 bits per heavy atom. The van der Waals surface area contributed by atoms with Crippen molar-refractivity contribution in [3.05, 3.63) is 29.6 Å². The third kappa shape index (κ3) is 3.97. The van der Waals surface area contributed by atoms with Gasteiger partial charge in [-0.2, -0.15) is 9.40 Å². The number of rotatable bonds is 7. The molecule has 0 atom stereocenters. The first kappa shape index (κ1) is 19.7. The van der Waals surface area contributed by atoms with Gasteiger partial charge in [-0.05, 0) is 26.0 Å². The van der Waals surface area contributed by atoms with Crippen LogP contribution < -0.4 is 14.8 Å². The molecule has 0 aliphatic rings. The van der Waals surface area contributed by atoms with Gasteiger partial charge < -0.3 is 14.8 Å². The summed E-state index contributed by atoms with van der Waals surface area (Å²) >= 11 is 0. The minimum absolute atomic E-state index is 0.0823. The van der Waals surface area contributed by atoms with E-state index in [2.05, 4.69) is 15.5 Å². The van der Waals surface area contributed by atoms with Gasteiger partial charge in [-0.15, -0.1) is 0 Å². The van der Waals surface area contributed by atoms with Gasteiger partial charge in [-0.3, -0.25) is 9.89 Å². The fraction of sp³-hybridized carbons (Fsp3) is 0.375. The number of aryl methyl sites for hydroxylation is 2. The Bertz CT molecular complexity index is 888. The molecule has 0 radical (unpaired) electrons. The number of sulfonamides is 1. The van der Waals surface area contributed by atoms with Crippen molar-refractivity contribution in [2.75, 3.05) is 33.1 Å². The van der Waals surface area contributed by atoms with E-state index >= 15 is 0 Å². The zero-order valence-electron chi connectivity index (χ0n) is 15.3. The normalized spacial score (nSPS) is 11.5. The Morgan fingerprint density at radius 2 is 1.88 bits per heavy atom. The molecule has 0 spiro atoms. The maximum atomic E-state index is 12.7. The van der Waals surface area contributed by atoms with Crippen molar-refractivity contribution >= 4 is 21.6 Å². The first-order chi connectivity index (χ1) is 12.2. The van der Waals surface area contributed by atoms with Gasteiger partial charge in [0.1, 0.15) is 4.90 Å². The molecule has 0 bridgehead atoms. The zero-order chi connectivity index (χ0) is 19.5. The first-order valence-corrected chi connectivity index (χ1v) is 9.14. The van der Waals surface area contributed by atoms with Gasteiger partial charge in [0.15, 0.2) is 11.5 Å². The number of H-pyrrole nitrogens is 1. The molecule has 142 valence electrons. The minimum atomic E-state index is -3.83. The summed E-state index contributed by atoms with van der Waals surface area (Å²) in [6.45, 7) is 2.86. The summed E-state index contributed by atoms with van der Waals surface area (Å²) in [6, 6.07) is 4.88. The number of methoxy groups -OCH3 is 2. The summed E-state index contributed by atoms with van der Waals surface area (Å²) in [5.41, 5.74) is 1.25. The maximum Gasteiger partial charge on any atom is 0.246 e. The molecule has 0 fully saturated rings. The monoisotopic (exact) mass is 382 g/mol. The molecule has 1 aromatic heterocycles. The number of amides is 1. The molecular formula is C16H22N4O5S. The van der Waals surface area contributed by atoms with Gasteiger partial charge in [0.05, 0.1) is 32.2 Å². The third-order valence-electron chi connectivity index (χ3n) is 3.76. The molecule has 1 heterocycles. The number of hydrogen-bond acceptors (Lipinski definition) is 6. The number of carbonyl (C=O) groups excluding carboxylic acids is 1. The van der Waals surface area contributed by atoms with Gasteiger partial charge in [-0.1, -0.05) is 0 Å². The summed E-state index contributed by atoms with van der Waals surface area (Å²) in [4.78, 5) is 12.3. The predicted molar refractivity (Wildman–Crippen MR) is 96.1 cm³/mol. The number of nitrogens with one attached hydrogen (secondary N) is 2. The topological polar surface area (TPSA) is 114 Å². The van der Waals surface area contributed by atoms with E-state index in [4.69, 9.17) is 9.47 Å². The van der Waals surface area contributed by atoms with Crippen LogP contribution in [0.5, 0.6) is 11.5 Å². The second kappa shape index (κ2) is 7.75. The largest absolute Gasteiger partial charge is 0.493 e. The Balaban J connectivity index is 2.12. The van der Waals surface area contributed by atoms with Crippen molar-refractivity contribution < 1.29 is 22.7 Å². The molecule has 0 saturated heterocycles. The molecule has 2 aromatic rings. The Labute approximate surface area is 152 Å². The van der Waals surface area contributed by atoms with E-state index in [0.717, 1.165) is 4.31 Å². The second-order valence-electron chi connectivity index (χ2n) is 5.64. The van der Waals surface area contributed by atoms with Crippen LogP contribution in [0.4, 0.5) is 5.69 Å². The number of likely N-dealkylation sites (N-methyl/N-ethyl adjacent to an activating group) is 1. The Morgan fingerprint density at radius 3 is 2.42 bits per heavy atom. The summed E-state index contributed by atoms with van der Waals surface area (Å²) in [6.07, 6.45) is 0. The highest BCUT2D eigenvalue weighted by Gasteiger charge is 2.28. The number of benzene rings is 1. The lowest BCUT2D eigenvalue weighted by Crippen LogP contribution is -2.35. The molecule has 10 heteroatoms. The average Bonchev–Trinajstić information content (AvgIpc) is 2.93. The average molecular weight is 382 g/mol. The molecule has 0 aliphatic heterocycles. The maximum absolute atomic E-state index is 12.7. The van der Waals surface area contributed by atoms with Crippen molar-refractivity contribution in [3.63, 3.8) is 0 Å². The van der Waals surface area contributed by atoms with Crippen LogP contribution in [0.15, 0.2) is 23.1 Å². The molecule has 26 heavy (non-hydrogen) atoms.